The second-order valence-electron chi connectivity index (χ2n) is 7.77. The number of anilines is 2. The van der Waals surface area contributed by atoms with E-state index in [1.165, 1.54) is 11.6 Å². The molecule has 0 saturated heterocycles. The van der Waals surface area contributed by atoms with Crippen molar-refractivity contribution in [2.24, 2.45) is 5.41 Å². The molecule has 0 amide bonds. The van der Waals surface area contributed by atoms with Crippen molar-refractivity contribution in [1.82, 2.24) is 0 Å². The minimum Gasteiger partial charge on any atom is -0.376 e. The first-order valence-electron chi connectivity index (χ1n) is 8.48. The summed E-state index contributed by atoms with van der Waals surface area (Å²) in [6.45, 7) is 11.9. The van der Waals surface area contributed by atoms with Gasteiger partial charge in [-0.1, -0.05) is 52.8 Å². The fourth-order valence-corrected chi connectivity index (χ4v) is 2.34. The first-order valence-corrected chi connectivity index (χ1v) is 8.48. The van der Waals surface area contributed by atoms with Crippen LogP contribution in [0.1, 0.15) is 51.7 Å². The van der Waals surface area contributed by atoms with Gasteiger partial charge >= 0.3 is 0 Å². The fourth-order valence-electron chi connectivity index (χ4n) is 2.34. The SMILES string of the molecule is CC(C)c1ccc(Nc2cc(COCC(C)(C)C)ccc2F)cc1. The smallest absolute Gasteiger partial charge is 0.146 e. The molecule has 2 aromatic carbocycles. The molecule has 0 aliphatic rings. The van der Waals surface area contributed by atoms with Crippen LogP contribution in [0.25, 0.3) is 0 Å². The van der Waals surface area contributed by atoms with Crippen LogP contribution in [-0.2, 0) is 11.3 Å². The number of halogens is 1. The van der Waals surface area contributed by atoms with Gasteiger partial charge in [-0.3, -0.25) is 0 Å². The first kappa shape index (κ1) is 18.5. The van der Waals surface area contributed by atoms with Crippen molar-refractivity contribution >= 4 is 11.4 Å². The molecule has 2 rings (SSSR count). The average Bonchev–Trinajstić information content (AvgIpc) is 2.50. The first-order chi connectivity index (χ1) is 11.2. The Hall–Kier alpha value is -1.87. The van der Waals surface area contributed by atoms with E-state index in [1.54, 1.807) is 6.07 Å². The average molecular weight is 329 g/mol. The summed E-state index contributed by atoms with van der Waals surface area (Å²) < 4.78 is 19.8. The van der Waals surface area contributed by atoms with Crippen molar-refractivity contribution in [3.63, 3.8) is 0 Å². The van der Waals surface area contributed by atoms with E-state index < -0.39 is 0 Å². The number of rotatable bonds is 6. The third-order valence-electron chi connectivity index (χ3n) is 3.69. The second-order valence-corrected chi connectivity index (χ2v) is 7.77. The summed E-state index contributed by atoms with van der Waals surface area (Å²) in [5.41, 5.74) is 3.71. The Balaban J connectivity index is 2.05. The van der Waals surface area contributed by atoms with Gasteiger partial charge in [0, 0.05) is 5.69 Å². The molecule has 3 heteroatoms. The summed E-state index contributed by atoms with van der Waals surface area (Å²) in [5.74, 6) is 0.224. The highest BCUT2D eigenvalue weighted by Gasteiger charge is 2.11. The second kappa shape index (κ2) is 7.80. The van der Waals surface area contributed by atoms with Gasteiger partial charge in [-0.2, -0.15) is 0 Å². The van der Waals surface area contributed by atoms with Crippen molar-refractivity contribution in [3.8, 4) is 0 Å². The zero-order valence-electron chi connectivity index (χ0n) is 15.3. The number of benzene rings is 2. The summed E-state index contributed by atoms with van der Waals surface area (Å²) in [7, 11) is 0. The quantitative estimate of drug-likeness (QED) is 0.676. The zero-order valence-corrected chi connectivity index (χ0v) is 15.3. The van der Waals surface area contributed by atoms with E-state index in [4.69, 9.17) is 4.74 Å². The molecule has 0 saturated carbocycles. The minimum absolute atomic E-state index is 0.124. The molecule has 0 aromatic heterocycles. The zero-order chi connectivity index (χ0) is 17.7. The molecular weight excluding hydrogens is 301 g/mol. The standard InChI is InChI=1S/C21H28FNO/c1-15(2)17-7-9-18(10-8-17)23-20-12-16(6-11-19(20)22)13-24-14-21(3,4)5/h6-12,15,23H,13-14H2,1-5H3. The molecular formula is C21H28FNO. The van der Waals surface area contributed by atoms with E-state index in [-0.39, 0.29) is 11.2 Å². The topological polar surface area (TPSA) is 21.3 Å². The van der Waals surface area contributed by atoms with E-state index >= 15 is 0 Å². The van der Waals surface area contributed by atoms with Crippen LogP contribution >= 0.6 is 0 Å². The fraction of sp³-hybridized carbons (Fsp3) is 0.429. The molecule has 0 unspecified atom stereocenters. The molecule has 0 heterocycles. The molecule has 0 fully saturated rings. The number of nitrogens with one attached hydrogen (secondary N) is 1. The summed E-state index contributed by atoms with van der Waals surface area (Å²) in [6, 6.07) is 13.2. The molecule has 0 aliphatic heterocycles. The lowest BCUT2D eigenvalue weighted by Gasteiger charge is -2.18. The molecule has 0 bridgehead atoms. The van der Waals surface area contributed by atoms with Crippen LogP contribution in [0.5, 0.6) is 0 Å². The highest BCUT2D eigenvalue weighted by atomic mass is 19.1. The molecule has 130 valence electrons. The van der Waals surface area contributed by atoms with Crippen LogP contribution in [0.2, 0.25) is 0 Å². The van der Waals surface area contributed by atoms with Crippen molar-refractivity contribution in [2.75, 3.05) is 11.9 Å². The Morgan fingerprint density at radius 2 is 1.71 bits per heavy atom. The highest BCUT2D eigenvalue weighted by molar-refractivity contribution is 5.61. The third kappa shape index (κ3) is 5.64. The number of hydrogen-bond donors (Lipinski definition) is 1. The van der Waals surface area contributed by atoms with E-state index in [2.05, 4.69) is 52.1 Å². The lowest BCUT2D eigenvalue weighted by Crippen LogP contribution is -2.14. The lowest BCUT2D eigenvalue weighted by atomic mass is 9.99. The summed E-state index contributed by atoms with van der Waals surface area (Å²) >= 11 is 0. The van der Waals surface area contributed by atoms with Crippen LogP contribution < -0.4 is 5.32 Å². The van der Waals surface area contributed by atoms with Gasteiger partial charge in [0.2, 0.25) is 0 Å². The molecule has 0 atom stereocenters. The summed E-state index contributed by atoms with van der Waals surface area (Å²) in [6.07, 6.45) is 0. The molecule has 24 heavy (non-hydrogen) atoms. The van der Waals surface area contributed by atoms with Gasteiger partial charge in [0.1, 0.15) is 5.82 Å². The van der Waals surface area contributed by atoms with Crippen LogP contribution in [0.15, 0.2) is 42.5 Å². The molecule has 0 radical (unpaired) electrons. The van der Waals surface area contributed by atoms with Crippen molar-refractivity contribution in [1.29, 1.82) is 0 Å². The van der Waals surface area contributed by atoms with Crippen molar-refractivity contribution < 1.29 is 9.13 Å². The monoisotopic (exact) mass is 329 g/mol. The van der Waals surface area contributed by atoms with E-state index in [0.29, 0.717) is 24.8 Å². The van der Waals surface area contributed by atoms with Crippen LogP contribution in [0.3, 0.4) is 0 Å². The minimum atomic E-state index is -0.262. The predicted molar refractivity (Wildman–Crippen MR) is 99.3 cm³/mol. The largest absolute Gasteiger partial charge is 0.376 e. The van der Waals surface area contributed by atoms with Crippen molar-refractivity contribution in [2.45, 2.75) is 47.1 Å². The van der Waals surface area contributed by atoms with E-state index in [1.807, 2.05) is 18.2 Å². The Labute approximate surface area is 145 Å². The highest BCUT2D eigenvalue weighted by Crippen LogP contribution is 2.24. The van der Waals surface area contributed by atoms with Gasteiger partial charge in [-0.25, -0.2) is 4.39 Å². The maximum absolute atomic E-state index is 14.1. The summed E-state index contributed by atoms with van der Waals surface area (Å²) in [5, 5.41) is 3.15. The maximum atomic E-state index is 14.1. The molecule has 1 N–H and O–H groups in total. The maximum Gasteiger partial charge on any atom is 0.146 e. The van der Waals surface area contributed by atoms with E-state index in [0.717, 1.165) is 11.3 Å². The normalized spacial score (nSPS) is 11.8. The molecule has 0 spiro atoms. The Bertz CT molecular complexity index is 657. The van der Waals surface area contributed by atoms with Gasteiger partial charge in [0.25, 0.3) is 0 Å². The molecule has 0 aliphatic carbocycles. The Morgan fingerprint density at radius 1 is 1.04 bits per heavy atom. The molecule has 2 nitrogen and oxygen atoms in total. The Kier molecular flexibility index (Phi) is 6.00. The van der Waals surface area contributed by atoms with Gasteiger partial charge in [-0.15, -0.1) is 0 Å². The number of hydrogen-bond acceptors (Lipinski definition) is 2. The van der Waals surface area contributed by atoms with Gasteiger partial charge in [-0.05, 0) is 46.7 Å². The summed E-state index contributed by atoms with van der Waals surface area (Å²) in [4.78, 5) is 0. The Morgan fingerprint density at radius 3 is 2.29 bits per heavy atom. The van der Waals surface area contributed by atoms with Gasteiger partial charge < -0.3 is 10.1 Å². The third-order valence-corrected chi connectivity index (χ3v) is 3.69. The number of ether oxygens (including phenoxy) is 1. The lowest BCUT2D eigenvalue weighted by molar-refractivity contribution is 0.0599. The predicted octanol–water partition coefficient (Wildman–Crippen LogP) is 6.26. The van der Waals surface area contributed by atoms with Crippen LogP contribution in [0, 0.1) is 11.2 Å². The van der Waals surface area contributed by atoms with Gasteiger partial charge in [0.05, 0.1) is 18.9 Å². The molecule has 2 aromatic rings. The van der Waals surface area contributed by atoms with Crippen LogP contribution in [-0.4, -0.2) is 6.61 Å². The van der Waals surface area contributed by atoms with Crippen molar-refractivity contribution in [3.05, 3.63) is 59.4 Å². The van der Waals surface area contributed by atoms with E-state index in [9.17, 15) is 4.39 Å². The van der Waals surface area contributed by atoms with Crippen LogP contribution in [0.4, 0.5) is 15.8 Å². The van der Waals surface area contributed by atoms with Gasteiger partial charge in [0.15, 0.2) is 0 Å².